The predicted molar refractivity (Wildman–Crippen MR) is 68.4 cm³/mol. The second-order valence-electron chi connectivity index (χ2n) is 4.13. The molecular formula is C14H10F3N3. The Hall–Kier alpha value is -2.55. The molecule has 0 aliphatic heterocycles. The van der Waals surface area contributed by atoms with E-state index in [-0.39, 0.29) is 17.1 Å². The number of alkyl halides is 3. The summed E-state index contributed by atoms with van der Waals surface area (Å²) in [4.78, 5) is 3.93. The fraction of sp³-hybridized carbons (Fsp3) is 0.143. The SMILES string of the molecule is Cc1ccnc(Nc2ccccc2C(F)(F)F)c1C#N. The van der Waals surface area contributed by atoms with Crippen molar-refractivity contribution in [1.29, 1.82) is 5.26 Å². The Morgan fingerprint density at radius 1 is 1.20 bits per heavy atom. The highest BCUT2D eigenvalue weighted by Crippen LogP contribution is 2.36. The molecule has 1 aromatic carbocycles. The van der Waals surface area contributed by atoms with Crippen LogP contribution in [-0.4, -0.2) is 4.98 Å². The monoisotopic (exact) mass is 277 g/mol. The van der Waals surface area contributed by atoms with Crippen molar-refractivity contribution >= 4 is 11.5 Å². The van der Waals surface area contributed by atoms with Gasteiger partial charge < -0.3 is 5.32 Å². The summed E-state index contributed by atoms with van der Waals surface area (Å²) in [6.07, 6.45) is -3.03. The summed E-state index contributed by atoms with van der Waals surface area (Å²) in [5.41, 5.74) is -0.0548. The highest BCUT2D eigenvalue weighted by Gasteiger charge is 2.33. The zero-order chi connectivity index (χ0) is 14.8. The Labute approximate surface area is 113 Å². The molecule has 0 saturated carbocycles. The van der Waals surface area contributed by atoms with Gasteiger partial charge in [-0.15, -0.1) is 0 Å². The predicted octanol–water partition coefficient (Wildman–Crippen LogP) is 4.02. The molecular weight excluding hydrogens is 267 g/mol. The Morgan fingerprint density at radius 2 is 1.90 bits per heavy atom. The topological polar surface area (TPSA) is 48.7 Å². The largest absolute Gasteiger partial charge is 0.418 e. The van der Waals surface area contributed by atoms with E-state index in [1.165, 1.54) is 24.4 Å². The molecule has 0 saturated heterocycles. The van der Waals surface area contributed by atoms with Gasteiger partial charge in [-0.3, -0.25) is 0 Å². The minimum Gasteiger partial charge on any atom is -0.339 e. The number of halogens is 3. The van der Waals surface area contributed by atoms with E-state index in [1.54, 1.807) is 13.0 Å². The summed E-state index contributed by atoms with van der Waals surface area (Å²) in [7, 11) is 0. The lowest BCUT2D eigenvalue weighted by Crippen LogP contribution is -2.09. The van der Waals surface area contributed by atoms with Crippen LogP contribution in [0.4, 0.5) is 24.7 Å². The smallest absolute Gasteiger partial charge is 0.339 e. The van der Waals surface area contributed by atoms with Crippen molar-refractivity contribution < 1.29 is 13.2 Å². The van der Waals surface area contributed by atoms with Crippen molar-refractivity contribution in [3.8, 4) is 6.07 Å². The number of hydrogen-bond acceptors (Lipinski definition) is 3. The second kappa shape index (κ2) is 5.21. The van der Waals surface area contributed by atoms with Crippen LogP contribution in [0.2, 0.25) is 0 Å². The van der Waals surface area contributed by atoms with E-state index >= 15 is 0 Å². The van der Waals surface area contributed by atoms with E-state index in [0.717, 1.165) is 6.07 Å². The first-order valence-electron chi connectivity index (χ1n) is 5.72. The molecule has 2 aromatic rings. The van der Waals surface area contributed by atoms with Gasteiger partial charge in [0.05, 0.1) is 16.8 Å². The molecule has 6 heteroatoms. The minimum absolute atomic E-state index is 0.115. The van der Waals surface area contributed by atoms with Crippen molar-refractivity contribution in [1.82, 2.24) is 4.98 Å². The first kappa shape index (κ1) is 13.9. The van der Waals surface area contributed by atoms with E-state index in [0.29, 0.717) is 5.56 Å². The molecule has 1 heterocycles. The summed E-state index contributed by atoms with van der Waals surface area (Å²) in [5.74, 6) is 0.115. The number of aromatic nitrogens is 1. The van der Waals surface area contributed by atoms with Gasteiger partial charge in [0.2, 0.25) is 0 Å². The molecule has 0 amide bonds. The molecule has 0 unspecified atom stereocenters. The molecule has 3 nitrogen and oxygen atoms in total. The van der Waals surface area contributed by atoms with Crippen LogP contribution in [0.25, 0.3) is 0 Å². The highest BCUT2D eigenvalue weighted by atomic mass is 19.4. The molecule has 0 fully saturated rings. The molecule has 1 aromatic heterocycles. The third-order valence-corrected chi connectivity index (χ3v) is 2.76. The lowest BCUT2D eigenvalue weighted by molar-refractivity contribution is -0.136. The van der Waals surface area contributed by atoms with Crippen molar-refractivity contribution in [2.75, 3.05) is 5.32 Å². The van der Waals surface area contributed by atoms with Gasteiger partial charge in [0.25, 0.3) is 0 Å². The van der Waals surface area contributed by atoms with Gasteiger partial charge in [0.1, 0.15) is 11.9 Å². The third-order valence-electron chi connectivity index (χ3n) is 2.76. The highest BCUT2D eigenvalue weighted by molar-refractivity contribution is 5.67. The molecule has 0 aliphatic rings. The van der Waals surface area contributed by atoms with Gasteiger partial charge >= 0.3 is 6.18 Å². The number of nitrogens with one attached hydrogen (secondary N) is 1. The molecule has 0 bridgehead atoms. The van der Waals surface area contributed by atoms with Crippen molar-refractivity contribution in [2.45, 2.75) is 13.1 Å². The molecule has 0 radical (unpaired) electrons. The normalized spacial score (nSPS) is 10.9. The number of para-hydroxylation sites is 1. The van der Waals surface area contributed by atoms with Crippen molar-refractivity contribution in [3.63, 3.8) is 0 Å². The zero-order valence-corrected chi connectivity index (χ0v) is 10.5. The molecule has 20 heavy (non-hydrogen) atoms. The maximum Gasteiger partial charge on any atom is 0.418 e. The first-order valence-corrected chi connectivity index (χ1v) is 5.72. The number of benzene rings is 1. The third kappa shape index (κ3) is 2.72. The lowest BCUT2D eigenvalue weighted by Gasteiger charge is -2.14. The van der Waals surface area contributed by atoms with Crippen LogP contribution in [0, 0.1) is 18.3 Å². The Kier molecular flexibility index (Phi) is 3.61. The van der Waals surface area contributed by atoms with Gasteiger partial charge in [-0.2, -0.15) is 18.4 Å². The quantitative estimate of drug-likeness (QED) is 0.901. The number of pyridine rings is 1. The van der Waals surface area contributed by atoms with Gasteiger partial charge in [0.15, 0.2) is 0 Å². The van der Waals surface area contributed by atoms with E-state index in [2.05, 4.69) is 10.3 Å². The van der Waals surface area contributed by atoms with Crippen LogP contribution in [0.3, 0.4) is 0 Å². The number of anilines is 2. The Bertz CT molecular complexity index is 672. The van der Waals surface area contributed by atoms with Crippen molar-refractivity contribution in [2.24, 2.45) is 0 Å². The van der Waals surface area contributed by atoms with Crippen LogP contribution in [0.15, 0.2) is 36.5 Å². The minimum atomic E-state index is -4.47. The number of nitriles is 1. The summed E-state index contributed by atoms with van der Waals surface area (Å²) >= 11 is 0. The second-order valence-corrected chi connectivity index (χ2v) is 4.13. The summed E-state index contributed by atoms with van der Waals surface area (Å²) in [6, 6.07) is 8.63. The van der Waals surface area contributed by atoms with Crippen LogP contribution in [0.1, 0.15) is 16.7 Å². The molecule has 1 N–H and O–H groups in total. The van der Waals surface area contributed by atoms with Crippen LogP contribution in [0.5, 0.6) is 0 Å². The van der Waals surface area contributed by atoms with Crippen LogP contribution in [-0.2, 0) is 6.18 Å². The molecule has 2 rings (SSSR count). The van der Waals surface area contributed by atoms with E-state index < -0.39 is 11.7 Å². The van der Waals surface area contributed by atoms with Gasteiger partial charge in [0, 0.05) is 6.20 Å². The summed E-state index contributed by atoms with van der Waals surface area (Å²) < 4.78 is 38.7. The number of nitrogens with zero attached hydrogens (tertiary/aromatic N) is 2. The van der Waals surface area contributed by atoms with Crippen molar-refractivity contribution in [3.05, 3.63) is 53.2 Å². The van der Waals surface area contributed by atoms with Crippen LogP contribution >= 0.6 is 0 Å². The Balaban J connectivity index is 2.47. The number of rotatable bonds is 2. The first-order chi connectivity index (χ1) is 9.43. The molecule has 0 aliphatic carbocycles. The maximum atomic E-state index is 12.9. The Morgan fingerprint density at radius 3 is 2.55 bits per heavy atom. The van der Waals surface area contributed by atoms with E-state index in [4.69, 9.17) is 5.26 Å². The van der Waals surface area contributed by atoms with E-state index in [9.17, 15) is 13.2 Å². The van der Waals surface area contributed by atoms with Gasteiger partial charge in [-0.05, 0) is 30.7 Å². The average Bonchev–Trinajstić information content (AvgIpc) is 2.38. The number of aryl methyl sites for hydroxylation is 1. The number of hydrogen-bond donors (Lipinski definition) is 1. The fourth-order valence-electron chi connectivity index (χ4n) is 1.76. The summed E-state index contributed by atoms with van der Waals surface area (Å²) in [6.45, 7) is 1.70. The van der Waals surface area contributed by atoms with Gasteiger partial charge in [-0.25, -0.2) is 4.98 Å². The molecule has 102 valence electrons. The standard InChI is InChI=1S/C14H10F3N3/c1-9-6-7-19-13(10(9)8-18)20-12-5-3-2-4-11(12)14(15,16)17/h2-7H,1H3,(H,19,20). The fourth-order valence-corrected chi connectivity index (χ4v) is 1.76. The molecule has 0 atom stereocenters. The maximum absolute atomic E-state index is 12.9. The van der Waals surface area contributed by atoms with E-state index in [1.807, 2.05) is 6.07 Å². The average molecular weight is 277 g/mol. The summed E-state index contributed by atoms with van der Waals surface area (Å²) in [5, 5.41) is 11.6. The lowest BCUT2D eigenvalue weighted by atomic mass is 10.1. The van der Waals surface area contributed by atoms with Gasteiger partial charge in [-0.1, -0.05) is 12.1 Å². The molecule has 0 spiro atoms. The zero-order valence-electron chi connectivity index (χ0n) is 10.5. The van der Waals surface area contributed by atoms with Crippen LogP contribution < -0.4 is 5.32 Å².